The third kappa shape index (κ3) is 2.23. The van der Waals surface area contributed by atoms with Crippen molar-refractivity contribution in [2.45, 2.75) is 12.8 Å². The normalized spacial score (nSPS) is 27.5. The number of hydrogen-bond acceptors (Lipinski definition) is 3. The fourth-order valence-corrected chi connectivity index (χ4v) is 2.93. The van der Waals surface area contributed by atoms with Gasteiger partial charge in [0, 0.05) is 12.1 Å². The van der Waals surface area contributed by atoms with Gasteiger partial charge in [-0.15, -0.1) is 0 Å². The van der Waals surface area contributed by atoms with Gasteiger partial charge in [0.05, 0.1) is 5.56 Å². The highest BCUT2D eigenvalue weighted by Crippen LogP contribution is 2.43. The number of anilines is 1. The van der Waals surface area contributed by atoms with E-state index in [1.165, 1.54) is 18.3 Å². The summed E-state index contributed by atoms with van der Waals surface area (Å²) in [5.74, 6) is 0.0568. The summed E-state index contributed by atoms with van der Waals surface area (Å²) in [5, 5.41) is 11.6. The summed E-state index contributed by atoms with van der Waals surface area (Å²) in [5.41, 5.74) is 0.123. The van der Waals surface area contributed by atoms with Gasteiger partial charge in [0.15, 0.2) is 0 Å². The molecule has 1 saturated carbocycles. The molecule has 3 atom stereocenters. The van der Waals surface area contributed by atoms with Crippen molar-refractivity contribution >= 4 is 17.7 Å². The number of fused-ring (bicyclic) bond motifs is 2. The average Bonchev–Trinajstić information content (AvgIpc) is 3.01. The Labute approximate surface area is 110 Å². The molecule has 5 heteroatoms. The highest BCUT2D eigenvalue weighted by Gasteiger charge is 2.39. The molecule has 0 aliphatic heterocycles. The molecule has 0 aromatic carbocycles. The third-order valence-corrected chi connectivity index (χ3v) is 3.87. The van der Waals surface area contributed by atoms with Gasteiger partial charge in [0.25, 0.3) is 0 Å². The molecule has 2 aliphatic rings. The van der Waals surface area contributed by atoms with E-state index < -0.39 is 5.97 Å². The van der Waals surface area contributed by atoms with Gasteiger partial charge in [-0.1, -0.05) is 12.2 Å². The van der Waals surface area contributed by atoms with Crippen molar-refractivity contribution in [3.8, 4) is 0 Å². The van der Waals surface area contributed by atoms with Crippen molar-refractivity contribution in [3.63, 3.8) is 0 Å². The van der Waals surface area contributed by atoms with Gasteiger partial charge in [-0.2, -0.15) is 0 Å². The number of nitrogens with one attached hydrogen (secondary N) is 1. The van der Waals surface area contributed by atoms with E-state index >= 15 is 0 Å². The largest absolute Gasteiger partial charge is 0.478 e. The third-order valence-electron chi connectivity index (χ3n) is 3.87. The van der Waals surface area contributed by atoms with Crippen LogP contribution in [0.4, 0.5) is 5.82 Å². The molecular weight excluding hydrogens is 244 g/mol. The van der Waals surface area contributed by atoms with E-state index in [0.717, 1.165) is 12.8 Å². The lowest BCUT2D eigenvalue weighted by molar-refractivity contribution is -0.120. The number of allylic oxidation sites excluding steroid dienone is 2. The highest BCUT2D eigenvalue weighted by atomic mass is 16.4. The lowest BCUT2D eigenvalue weighted by Gasteiger charge is -2.17. The Kier molecular flexibility index (Phi) is 2.81. The van der Waals surface area contributed by atoms with Crippen LogP contribution in [0, 0.1) is 17.8 Å². The van der Waals surface area contributed by atoms with Crippen molar-refractivity contribution < 1.29 is 14.7 Å². The van der Waals surface area contributed by atoms with Crippen molar-refractivity contribution in [3.05, 3.63) is 36.0 Å². The summed E-state index contributed by atoms with van der Waals surface area (Å²) in [4.78, 5) is 27.0. The number of pyridine rings is 1. The van der Waals surface area contributed by atoms with Gasteiger partial charge in [0.1, 0.15) is 5.82 Å². The summed E-state index contributed by atoms with van der Waals surface area (Å²) in [6.45, 7) is 0. The Morgan fingerprint density at radius 3 is 2.79 bits per heavy atom. The first-order valence-electron chi connectivity index (χ1n) is 6.32. The molecule has 2 N–H and O–H groups in total. The van der Waals surface area contributed by atoms with Crippen molar-refractivity contribution in [2.75, 3.05) is 5.32 Å². The van der Waals surface area contributed by atoms with Crippen LogP contribution in [0.15, 0.2) is 30.5 Å². The zero-order valence-electron chi connectivity index (χ0n) is 10.2. The summed E-state index contributed by atoms with van der Waals surface area (Å²) in [6.07, 6.45) is 7.61. The molecule has 1 aromatic heterocycles. The van der Waals surface area contributed by atoms with Gasteiger partial charge in [-0.05, 0) is 36.8 Å². The molecule has 1 heterocycles. The number of rotatable bonds is 3. The molecule has 0 radical (unpaired) electrons. The Hall–Kier alpha value is -2.17. The fourth-order valence-electron chi connectivity index (χ4n) is 2.93. The molecule has 3 unspecified atom stereocenters. The summed E-state index contributed by atoms with van der Waals surface area (Å²) in [6, 6.07) is 2.78. The molecule has 0 saturated heterocycles. The number of aromatic carboxylic acids is 1. The lowest BCUT2D eigenvalue weighted by atomic mass is 9.93. The van der Waals surface area contributed by atoms with Crippen LogP contribution in [0.2, 0.25) is 0 Å². The monoisotopic (exact) mass is 258 g/mol. The second-order valence-corrected chi connectivity index (χ2v) is 5.11. The topological polar surface area (TPSA) is 79.3 Å². The molecule has 3 rings (SSSR count). The molecule has 98 valence electrons. The van der Waals surface area contributed by atoms with E-state index in [-0.39, 0.29) is 17.4 Å². The standard InChI is InChI=1S/C14H14N2O3/c17-13(11-6-8-1-2-9(11)5-8)16-12-7-10(14(18)19)3-4-15-12/h1-4,7-9,11H,5-6H2,(H,18,19)(H,15,16,17). The van der Waals surface area contributed by atoms with Gasteiger partial charge >= 0.3 is 5.97 Å². The van der Waals surface area contributed by atoms with E-state index in [2.05, 4.69) is 22.5 Å². The van der Waals surface area contributed by atoms with Crippen LogP contribution in [0.1, 0.15) is 23.2 Å². The highest BCUT2D eigenvalue weighted by molar-refractivity contribution is 5.94. The first-order valence-corrected chi connectivity index (χ1v) is 6.32. The fraction of sp³-hybridized carbons (Fsp3) is 0.357. The van der Waals surface area contributed by atoms with Crippen molar-refractivity contribution in [1.29, 1.82) is 0 Å². The minimum Gasteiger partial charge on any atom is -0.478 e. The summed E-state index contributed by atoms with van der Waals surface area (Å²) >= 11 is 0. The van der Waals surface area contributed by atoms with Crippen LogP contribution in [-0.2, 0) is 4.79 Å². The number of carboxylic acid groups (broad SMARTS) is 1. The molecule has 2 bridgehead atoms. The minimum absolute atomic E-state index is 0.00900. The van der Waals surface area contributed by atoms with Crippen LogP contribution in [-0.4, -0.2) is 22.0 Å². The molecule has 2 aliphatic carbocycles. The number of nitrogens with zero attached hydrogens (tertiary/aromatic N) is 1. The number of carbonyl (C=O) groups is 2. The number of hydrogen-bond donors (Lipinski definition) is 2. The van der Waals surface area contributed by atoms with Gasteiger partial charge in [0.2, 0.25) is 5.91 Å². The number of amides is 1. The molecule has 1 amide bonds. The van der Waals surface area contributed by atoms with Crippen LogP contribution in [0.3, 0.4) is 0 Å². The van der Waals surface area contributed by atoms with Crippen LogP contribution >= 0.6 is 0 Å². The van der Waals surface area contributed by atoms with Gasteiger partial charge in [-0.3, -0.25) is 4.79 Å². The number of carboxylic acids is 1. The van der Waals surface area contributed by atoms with Crippen LogP contribution in [0.5, 0.6) is 0 Å². The van der Waals surface area contributed by atoms with Gasteiger partial charge < -0.3 is 10.4 Å². The lowest BCUT2D eigenvalue weighted by Crippen LogP contribution is -2.26. The molecule has 5 nitrogen and oxygen atoms in total. The van der Waals surface area contributed by atoms with Gasteiger partial charge in [-0.25, -0.2) is 9.78 Å². The van der Waals surface area contributed by atoms with E-state index in [0.29, 0.717) is 17.7 Å². The number of aromatic nitrogens is 1. The van der Waals surface area contributed by atoms with Crippen molar-refractivity contribution in [1.82, 2.24) is 4.98 Å². The Balaban J connectivity index is 1.71. The smallest absolute Gasteiger partial charge is 0.335 e. The molecular formula is C14H14N2O3. The average molecular weight is 258 g/mol. The zero-order valence-corrected chi connectivity index (χ0v) is 10.2. The van der Waals surface area contributed by atoms with E-state index in [9.17, 15) is 9.59 Å². The Morgan fingerprint density at radius 1 is 1.32 bits per heavy atom. The van der Waals surface area contributed by atoms with E-state index in [1.807, 2.05) is 0 Å². The minimum atomic E-state index is -1.03. The van der Waals surface area contributed by atoms with Crippen LogP contribution < -0.4 is 5.32 Å². The summed E-state index contributed by atoms with van der Waals surface area (Å²) in [7, 11) is 0. The Bertz CT molecular complexity index is 568. The quantitative estimate of drug-likeness (QED) is 0.812. The van der Waals surface area contributed by atoms with E-state index in [1.54, 1.807) is 0 Å². The maximum absolute atomic E-state index is 12.2. The zero-order chi connectivity index (χ0) is 13.4. The SMILES string of the molecule is O=C(O)c1ccnc(NC(=O)C2CC3C=CC2C3)c1. The second kappa shape index (κ2) is 4.50. The van der Waals surface area contributed by atoms with E-state index in [4.69, 9.17) is 5.11 Å². The van der Waals surface area contributed by atoms with Crippen LogP contribution in [0.25, 0.3) is 0 Å². The van der Waals surface area contributed by atoms with Crippen molar-refractivity contribution in [2.24, 2.45) is 17.8 Å². The first-order chi connectivity index (χ1) is 9.13. The number of carbonyl (C=O) groups excluding carboxylic acids is 1. The molecule has 1 fully saturated rings. The maximum atomic E-state index is 12.2. The summed E-state index contributed by atoms with van der Waals surface area (Å²) < 4.78 is 0. The second-order valence-electron chi connectivity index (χ2n) is 5.11. The predicted molar refractivity (Wildman–Crippen MR) is 68.7 cm³/mol. The Morgan fingerprint density at radius 2 is 2.16 bits per heavy atom. The maximum Gasteiger partial charge on any atom is 0.335 e. The molecule has 19 heavy (non-hydrogen) atoms. The molecule has 1 aromatic rings. The first kappa shape index (κ1) is 11.9. The predicted octanol–water partition coefficient (Wildman–Crippen LogP) is 1.93. The molecule has 0 spiro atoms.